The van der Waals surface area contributed by atoms with Crippen LogP contribution in [0.3, 0.4) is 0 Å². The molecule has 0 unspecified atom stereocenters. The molecule has 4 aromatic rings. The molecule has 1 aromatic carbocycles. The van der Waals surface area contributed by atoms with Crippen molar-refractivity contribution >= 4 is 17.4 Å². The van der Waals surface area contributed by atoms with E-state index in [1.807, 2.05) is 18.2 Å². The molecule has 4 rings (SSSR count). The summed E-state index contributed by atoms with van der Waals surface area (Å²) in [5.74, 6) is -0.190. The van der Waals surface area contributed by atoms with Crippen LogP contribution >= 0.6 is 0 Å². The summed E-state index contributed by atoms with van der Waals surface area (Å²) in [5.41, 5.74) is 2.79. The molecule has 0 spiro atoms. The Hall–Kier alpha value is -4.07. The van der Waals surface area contributed by atoms with Gasteiger partial charge in [0.1, 0.15) is 29.1 Å². The van der Waals surface area contributed by atoms with Crippen LogP contribution in [0.1, 0.15) is 27.4 Å². The van der Waals surface area contributed by atoms with Gasteiger partial charge < -0.3 is 5.32 Å². The molecule has 6 nitrogen and oxygen atoms in total. The fourth-order valence-corrected chi connectivity index (χ4v) is 3.23. The lowest BCUT2D eigenvalue weighted by Gasteiger charge is -2.10. The first kappa shape index (κ1) is 21.2. The van der Waals surface area contributed by atoms with Gasteiger partial charge in [-0.25, -0.2) is 23.7 Å². The van der Waals surface area contributed by atoms with Crippen LogP contribution in [-0.2, 0) is 6.42 Å². The van der Waals surface area contributed by atoms with Crippen molar-refractivity contribution in [1.82, 2.24) is 19.9 Å². The number of hydrogen-bond acceptors (Lipinski definition) is 6. The molecular formula is C24H19F2N5O. The highest BCUT2D eigenvalue weighted by Crippen LogP contribution is 2.25. The second kappa shape index (κ2) is 8.97. The van der Waals surface area contributed by atoms with Crippen molar-refractivity contribution in [3.63, 3.8) is 0 Å². The van der Waals surface area contributed by atoms with E-state index in [4.69, 9.17) is 0 Å². The molecule has 8 heteroatoms. The third-order valence-electron chi connectivity index (χ3n) is 4.90. The molecule has 160 valence electrons. The van der Waals surface area contributed by atoms with Crippen LogP contribution < -0.4 is 5.32 Å². The monoisotopic (exact) mass is 431 g/mol. The molecule has 0 amide bonds. The van der Waals surface area contributed by atoms with Gasteiger partial charge in [0.2, 0.25) is 0 Å². The van der Waals surface area contributed by atoms with Crippen molar-refractivity contribution in [2.75, 3.05) is 5.32 Å². The number of nitrogens with zero attached hydrogens (tertiary/aromatic N) is 4. The van der Waals surface area contributed by atoms with Crippen LogP contribution in [0.25, 0.3) is 11.1 Å². The van der Waals surface area contributed by atoms with E-state index < -0.39 is 17.4 Å². The van der Waals surface area contributed by atoms with Crippen molar-refractivity contribution in [2.45, 2.75) is 20.3 Å². The molecule has 0 saturated carbocycles. The third-order valence-corrected chi connectivity index (χ3v) is 4.90. The molecule has 0 aliphatic rings. The van der Waals surface area contributed by atoms with Crippen molar-refractivity contribution in [3.8, 4) is 11.1 Å². The Morgan fingerprint density at radius 3 is 2.50 bits per heavy atom. The van der Waals surface area contributed by atoms with E-state index in [1.165, 1.54) is 0 Å². The van der Waals surface area contributed by atoms with E-state index in [0.29, 0.717) is 34.8 Å². The van der Waals surface area contributed by atoms with Crippen molar-refractivity contribution < 1.29 is 13.6 Å². The fourth-order valence-electron chi connectivity index (χ4n) is 3.23. The van der Waals surface area contributed by atoms with Gasteiger partial charge in [0.25, 0.3) is 0 Å². The molecule has 0 bridgehead atoms. The number of aryl methyl sites for hydroxylation is 2. The van der Waals surface area contributed by atoms with E-state index in [1.54, 1.807) is 38.5 Å². The zero-order valence-electron chi connectivity index (χ0n) is 17.4. The summed E-state index contributed by atoms with van der Waals surface area (Å²) >= 11 is 0. The highest BCUT2D eigenvalue weighted by molar-refractivity contribution is 5.98. The average molecular weight is 431 g/mol. The summed E-state index contributed by atoms with van der Waals surface area (Å²) in [5, 5.41) is 3.14. The molecule has 0 aliphatic carbocycles. The van der Waals surface area contributed by atoms with Crippen LogP contribution in [0.4, 0.5) is 20.4 Å². The van der Waals surface area contributed by atoms with E-state index in [9.17, 15) is 13.6 Å². The Kier molecular flexibility index (Phi) is 5.93. The SMILES string of the molecule is Cc1nccc(Nc2cc(-c3cnc(C)c(CC(=O)c4ccc(F)cc4F)c3)ccn2)n1. The molecule has 0 aliphatic heterocycles. The summed E-state index contributed by atoms with van der Waals surface area (Å²) in [6.07, 6.45) is 4.97. The summed E-state index contributed by atoms with van der Waals surface area (Å²) < 4.78 is 27.2. The van der Waals surface area contributed by atoms with Gasteiger partial charge in [-0.3, -0.25) is 9.78 Å². The maximum atomic E-state index is 14.0. The van der Waals surface area contributed by atoms with Crippen LogP contribution in [0.5, 0.6) is 0 Å². The third kappa shape index (κ3) is 4.80. The number of carbonyl (C=O) groups is 1. The Morgan fingerprint density at radius 2 is 1.72 bits per heavy atom. The minimum Gasteiger partial charge on any atom is -0.325 e. The van der Waals surface area contributed by atoms with Gasteiger partial charge in [-0.2, -0.15) is 0 Å². The molecule has 0 atom stereocenters. The zero-order chi connectivity index (χ0) is 22.7. The summed E-state index contributed by atoms with van der Waals surface area (Å²) in [4.78, 5) is 29.7. The number of nitrogens with one attached hydrogen (secondary N) is 1. The molecule has 1 N–H and O–H groups in total. The molecule has 0 fully saturated rings. The standard InChI is InChI=1S/C24H19F2N5O/c1-14-17(10-22(32)20-4-3-19(25)12-21(20)26)9-18(13-29-14)16-5-7-28-24(11-16)31-23-6-8-27-15(2)30-23/h3-9,11-13H,10H2,1-2H3,(H,27,28,30,31). The number of rotatable bonds is 6. The number of Topliss-reactive ketones (excluding diaryl/α,β-unsaturated/α-hetero) is 1. The van der Waals surface area contributed by atoms with Crippen LogP contribution in [0.2, 0.25) is 0 Å². The van der Waals surface area contributed by atoms with Gasteiger partial charge in [-0.05, 0) is 61.4 Å². The number of carbonyl (C=O) groups excluding carboxylic acids is 1. The smallest absolute Gasteiger partial charge is 0.170 e. The molecule has 3 heterocycles. The number of ketones is 1. The topological polar surface area (TPSA) is 80.7 Å². The number of benzene rings is 1. The van der Waals surface area contributed by atoms with Crippen molar-refractivity contribution in [3.05, 3.63) is 95.3 Å². The molecule has 32 heavy (non-hydrogen) atoms. The van der Waals surface area contributed by atoms with E-state index in [2.05, 4.69) is 25.3 Å². The number of pyridine rings is 2. The van der Waals surface area contributed by atoms with Crippen LogP contribution in [-0.4, -0.2) is 25.7 Å². The first-order valence-corrected chi connectivity index (χ1v) is 9.86. The van der Waals surface area contributed by atoms with Crippen molar-refractivity contribution in [1.29, 1.82) is 0 Å². The largest absolute Gasteiger partial charge is 0.325 e. The fraction of sp³-hybridized carbons (Fsp3) is 0.125. The van der Waals surface area contributed by atoms with Gasteiger partial charge >= 0.3 is 0 Å². The van der Waals surface area contributed by atoms with E-state index in [0.717, 1.165) is 23.3 Å². The minimum absolute atomic E-state index is 0.0500. The lowest BCUT2D eigenvalue weighted by Crippen LogP contribution is -2.08. The highest BCUT2D eigenvalue weighted by Gasteiger charge is 2.15. The Bertz CT molecular complexity index is 1310. The van der Waals surface area contributed by atoms with E-state index in [-0.39, 0.29) is 12.0 Å². The Morgan fingerprint density at radius 1 is 0.906 bits per heavy atom. The minimum atomic E-state index is -0.874. The lowest BCUT2D eigenvalue weighted by molar-refractivity contribution is 0.0988. The number of anilines is 2. The first-order chi connectivity index (χ1) is 15.4. The van der Waals surface area contributed by atoms with Gasteiger partial charge in [-0.1, -0.05) is 0 Å². The van der Waals surface area contributed by atoms with Crippen LogP contribution in [0.15, 0.2) is 61.1 Å². The summed E-state index contributed by atoms with van der Waals surface area (Å²) in [6, 6.07) is 10.2. The molecule has 0 radical (unpaired) electrons. The molecular weight excluding hydrogens is 412 g/mol. The maximum absolute atomic E-state index is 14.0. The average Bonchev–Trinajstić information content (AvgIpc) is 2.75. The highest BCUT2D eigenvalue weighted by atomic mass is 19.1. The second-order valence-corrected chi connectivity index (χ2v) is 7.24. The predicted octanol–water partition coefficient (Wildman–Crippen LogP) is 5.00. The van der Waals surface area contributed by atoms with Gasteiger partial charge in [-0.15, -0.1) is 0 Å². The number of hydrogen-bond donors (Lipinski definition) is 1. The van der Waals surface area contributed by atoms with E-state index >= 15 is 0 Å². The Balaban J connectivity index is 1.59. The van der Waals surface area contributed by atoms with Gasteiger partial charge in [0.05, 0.1) is 5.56 Å². The lowest BCUT2D eigenvalue weighted by atomic mass is 9.98. The molecule has 0 saturated heterocycles. The van der Waals surface area contributed by atoms with Gasteiger partial charge in [0.15, 0.2) is 5.78 Å². The predicted molar refractivity (Wildman–Crippen MR) is 117 cm³/mol. The van der Waals surface area contributed by atoms with Crippen LogP contribution in [0, 0.1) is 25.5 Å². The normalized spacial score (nSPS) is 10.8. The summed E-state index contributed by atoms with van der Waals surface area (Å²) in [7, 11) is 0. The second-order valence-electron chi connectivity index (χ2n) is 7.24. The van der Waals surface area contributed by atoms with Gasteiger partial charge in [0, 0.05) is 42.3 Å². The first-order valence-electron chi connectivity index (χ1n) is 9.86. The zero-order valence-corrected chi connectivity index (χ0v) is 17.4. The Labute approximate surface area is 183 Å². The number of halogens is 2. The summed E-state index contributed by atoms with van der Waals surface area (Å²) in [6.45, 7) is 3.58. The quantitative estimate of drug-likeness (QED) is 0.433. The maximum Gasteiger partial charge on any atom is 0.170 e. The molecule has 3 aromatic heterocycles. The number of aromatic nitrogens is 4. The van der Waals surface area contributed by atoms with Crippen molar-refractivity contribution in [2.24, 2.45) is 0 Å².